The summed E-state index contributed by atoms with van der Waals surface area (Å²) in [6.45, 7) is 4.46. The lowest BCUT2D eigenvalue weighted by Crippen LogP contribution is -2.55. The summed E-state index contributed by atoms with van der Waals surface area (Å²) in [5.74, 6) is 0.686. The highest BCUT2D eigenvalue weighted by Gasteiger charge is 2.42. The Hall–Kier alpha value is -0.430. The molecule has 0 saturated carbocycles. The number of hydrogen-bond donors (Lipinski definition) is 2. The van der Waals surface area contributed by atoms with E-state index in [1.54, 1.807) is 18.4 Å². The number of aliphatic imine (C=N–C) groups is 1. The van der Waals surface area contributed by atoms with Gasteiger partial charge in [-0.15, -0.1) is 24.0 Å². The van der Waals surface area contributed by atoms with Gasteiger partial charge in [-0.25, -0.2) is 8.42 Å². The molecule has 3 rings (SSSR count). The zero-order valence-electron chi connectivity index (χ0n) is 17.2. The second-order valence-corrected chi connectivity index (χ2v) is 11.0. The van der Waals surface area contributed by atoms with E-state index in [9.17, 15) is 8.42 Å². The minimum Gasteiger partial charge on any atom is -0.381 e. The van der Waals surface area contributed by atoms with Crippen molar-refractivity contribution >= 4 is 51.1 Å². The maximum Gasteiger partial charge on any atom is 0.191 e. The molecule has 7 nitrogen and oxygen atoms in total. The van der Waals surface area contributed by atoms with Gasteiger partial charge in [-0.1, -0.05) is 0 Å². The molecule has 2 aliphatic heterocycles. The number of piperidine rings is 1. The fraction of sp³-hybridized carbons (Fsp3) is 0.737. The number of thiophene rings is 1. The normalized spacial score (nSPS) is 21.4. The van der Waals surface area contributed by atoms with E-state index in [1.807, 2.05) is 0 Å². The summed E-state index contributed by atoms with van der Waals surface area (Å²) in [5.41, 5.74) is 1.39. The van der Waals surface area contributed by atoms with Crippen molar-refractivity contribution in [3.8, 4) is 0 Å². The topological polar surface area (TPSA) is 83.0 Å². The van der Waals surface area contributed by atoms with Crippen LogP contribution in [0, 0.1) is 0 Å². The third-order valence-electron chi connectivity index (χ3n) is 5.91. The van der Waals surface area contributed by atoms with Gasteiger partial charge in [0.25, 0.3) is 0 Å². The number of hydrogen-bond acceptors (Lipinski definition) is 6. The molecule has 0 spiro atoms. The molecule has 2 N–H and O–H groups in total. The SMILES string of the molecule is CN=C(NCC1(S(C)(=O)=O)CCOCC1)NC1CCN(Cc2ccsc2)CC1.I. The summed E-state index contributed by atoms with van der Waals surface area (Å²) in [5, 5.41) is 11.1. The lowest BCUT2D eigenvalue weighted by molar-refractivity contribution is 0.0756. The quantitative estimate of drug-likeness (QED) is 0.317. The molecule has 0 unspecified atom stereocenters. The first kappa shape index (κ1) is 24.8. The highest BCUT2D eigenvalue weighted by molar-refractivity contribution is 14.0. The zero-order chi connectivity index (χ0) is 20.0. The molecule has 2 saturated heterocycles. The molecule has 166 valence electrons. The highest BCUT2D eigenvalue weighted by Crippen LogP contribution is 2.28. The smallest absolute Gasteiger partial charge is 0.191 e. The third-order valence-corrected chi connectivity index (χ3v) is 8.76. The van der Waals surface area contributed by atoms with Gasteiger partial charge in [0.05, 0.1) is 4.75 Å². The molecular formula is C19H33IN4O3S2. The predicted molar refractivity (Wildman–Crippen MR) is 130 cm³/mol. The van der Waals surface area contributed by atoms with E-state index in [1.165, 1.54) is 11.8 Å². The maximum absolute atomic E-state index is 12.4. The number of nitrogens with zero attached hydrogens (tertiary/aromatic N) is 2. The molecule has 0 radical (unpaired) electrons. The second-order valence-electron chi connectivity index (χ2n) is 7.82. The number of nitrogens with one attached hydrogen (secondary N) is 2. The molecule has 0 aliphatic carbocycles. The zero-order valence-corrected chi connectivity index (χ0v) is 21.2. The predicted octanol–water partition coefficient (Wildman–Crippen LogP) is 2.09. The van der Waals surface area contributed by atoms with E-state index < -0.39 is 14.6 Å². The second kappa shape index (κ2) is 11.3. The van der Waals surface area contributed by atoms with E-state index >= 15 is 0 Å². The Balaban J connectivity index is 0.00000300. The fourth-order valence-electron chi connectivity index (χ4n) is 3.93. The first-order chi connectivity index (χ1) is 13.4. The lowest BCUT2D eigenvalue weighted by atomic mass is 9.99. The molecule has 0 atom stereocenters. The van der Waals surface area contributed by atoms with Crippen molar-refractivity contribution in [2.75, 3.05) is 46.2 Å². The van der Waals surface area contributed by atoms with Gasteiger partial charge in [-0.3, -0.25) is 9.89 Å². The van der Waals surface area contributed by atoms with Crippen molar-refractivity contribution in [3.05, 3.63) is 22.4 Å². The summed E-state index contributed by atoms with van der Waals surface area (Å²) in [4.78, 5) is 6.80. The number of rotatable bonds is 6. The number of halogens is 1. The molecule has 2 aliphatic rings. The maximum atomic E-state index is 12.4. The van der Waals surface area contributed by atoms with Gasteiger partial charge in [0.15, 0.2) is 15.8 Å². The van der Waals surface area contributed by atoms with Gasteiger partial charge >= 0.3 is 0 Å². The molecule has 0 aromatic carbocycles. The van der Waals surface area contributed by atoms with Crippen molar-refractivity contribution in [2.24, 2.45) is 4.99 Å². The standard InChI is InChI=1S/C19H32N4O3S2.HI/c1-20-18(21-15-19(28(2,24)25)6-10-26-11-7-19)22-17-3-8-23(9-4-17)13-16-5-12-27-14-16;/h5,12,14,17H,3-4,6-11,13,15H2,1-2H3,(H2,20,21,22);1H. The highest BCUT2D eigenvalue weighted by atomic mass is 127. The van der Waals surface area contributed by atoms with Crippen LogP contribution in [0.4, 0.5) is 0 Å². The van der Waals surface area contributed by atoms with Crippen molar-refractivity contribution in [1.29, 1.82) is 0 Å². The molecule has 29 heavy (non-hydrogen) atoms. The molecule has 0 amide bonds. The summed E-state index contributed by atoms with van der Waals surface area (Å²) in [7, 11) is -1.45. The number of likely N-dealkylation sites (tertiary alicyclic amines) is 1. The number of ether oxygens (including phenoxy) is 1. The van der Waals surface area contributed by atoms with Crippen LogP contribution in [-0.4, -0.2) is 76.2 Å². The Bertz CT molecular complexity index is 742. The van der Waals surface area contributed by atoms with Crippen molar-refractivity contribution in [2.45, 2.75) is 43.0 Å². The first-order valence-corrected chi connectivity index (χ1v) is 12.7. The summed E-state index contributed by atoms with van der Waals surface area (Å²) >= 11 is 1.74. The van der Waals surface area contributed by atoms with E-state index in [4.69, 9.17) is 4.74 Å². The molecule has 0 bridgehead atoms. The van der Waals surface area contributed by atoms with Gasteiger partial charge in [0, 0.05) is 58.7 Å². The molecule has 3 heterocycles. The average molecular weight is 557 g/mol. The van der Waals surface area contributed by atoms with Gasteiger partial charge in [0.2, 0.25) is 0 Å². The Morgan fingerprint density at radius 3 is 2.59 bits per heavy atom. The van der Waals surface area contributed by atoms with E-state index in [-0.39, 0.29) is 24.0 Å². The van der Waals surface area contributed by atoms with Crippen LogP contribution in [0.3, 0.4) is 0 Å². The van der Waals surface area contributed by atoms with E-state index in [0.717, 1.165) is 32.5 Å². The minimum atomic E-state index is -3.19. The average Bonchev–Trinajstić information content (AvgIpc) is 3.19. The Kier molecular flexibility index (Phi) is 9.65. The Labute approximate surface area is 195 Å². The van der Waals surface area contributed by atoms with Crippen LogP contribution in [0.5, 0.6) is 0 Å². The monoisotopic (exact) mass is 556 g/mol. The Morgan fingerprint density at radius 1 is 1.34 bits per heavy atom. The van der Waals surface area contributed by atoms with Crippen LogP contribution in [-0.2, 0) is 21.1 Å². The molecular weight excluding hydrogens is 523 g/mol. The van der Waals surface area contributed by atoms with E-state index in [2.05, 4.69) is 37.4 Å². The van der Waals surface area contributed by atoms with Crippen LogP contribution in [0.1, 0.15) is 31.2 Å². The molecule has 10 heteroatoms. The Morgan fingerprint density at radius 2 is 2.03 bits per heavy atom. The van der Waals surface area contributed by atoms with Crippen LogP contribution >= 0.6 is 35.3 Å². The minimum absolute atomic E-state index is 0. The van der Waals surface area contributed by atoms with Gasteiger partial charge in [0.1, 0.15) is 0 Å². The number of sulfone groups is 1. The van der Waals surface area contributed by atoms with Crippen molar-refractivity contribution in [3.63, 3.8) is 0 Å². The van der Waals surface area contributed by atoms with Crippen LogP contribution in [0.25, 0.3) is 0 Å². The molecule has 1 aromatic heterocycles. The fourth-order valence-corrected chi connectivity index (χ4v) is 5.83. The number of guanidine groups is 1. The molecule has 2 fully saturated rings. The van der Waals surface area contributed by atoms with Gasteiger partial charge in [-0.05, 0) is 48.1 Å². The van der Waals surface area contributed by atoms with Crippen LogP contribution < -0.4 is 10.6 Å². The van der Waals surface area contributed by atoms with Gasteiger partial charge in [-0.2, -0.15) is 11.3 Å². The van der Waals surface area contributed by atoms with Crippen LogP contribution in [0.15, 0.2) is 21.8 Å². The van der Waals surface area contributed by atoms with E-state index in [0.29, 0.717) is 44.6 Å². The largest absolute Gasteiger partial charge is 0.381 e. The summed E-state index contributed by atoms with van der Waals surface area (Å²) in [6.07, 6.45) is 4.48. The summed E-state index contributed by atoms with van der Waals surface area (Å²) in [6, 6.07) is 2.54. The van der Waals surface area contributed by atoms with Crippen molar-refractivity contribution < 1.29 is 13.2 Å². The van der Waals surface area contributed by atoms with Crippen molar-refractivity contribution in [1.82, 2.24) is 15.5 Å². The third kappa shape index (κ3) is 6.78. The lowest BCUT2D eigenvalue weighted by Gasteiger charge is -2.37. The van der Waals surface area contributed by atoms with Crippen LogP contribution in [0.2, 0.25) is 0 Å². The van der Waals surface area contributed by atoms with Gasteiger partial charge < -0.3 is 15.4 Å². The summed E-state index contributed by atoms with van der Waals surface area (Å²) < 4.78 is 29.4. The first-order valence-electron chi connectivity index (χ1n) is 9.90. The molecule has 1 aromatic rings.